The summed E-state index contributed by atoms with van der Waals surface area (Å²) in [6.45, 7) is 1.93. The second-order valence-electron chi connectivity index (χ2n) is 2.88. The van der Waals surface area contributed by atoms with Crippen LogP contribution in [0, 0.1) is 0 Å². The second kappa shape index (κ2) is 4.56. The Labute approximate surface area is 82.7 Å². The summed E-state index contributed by atoms with van der Waals surface area (Å²) in [4.78, 5) is 21.8. The van der Waals surface area contributed by atoms with Gasteiger partial charge in [0.1, 0.15) is 6.29 Å². The summed E-state index contributed by atoms with van der Waals surface area (Å²) in [5.41, 5.74) is 1.97. The van der Waals surface area contributed by atoms with Crippen LogP contribution < -0.4 is 0 Å². The summed E-state index contributed by atoms with van der Waals surface area (Å²) in [5, 5.41) is 0. The summed E-state index contributed by atoms with van der Waals surface area (Å²) in [6.07, 6.45) is 1.51. The lowest BCUT2D eigenvalue weighted by atomic mass is 10.0. The Hall–Kier alpha value is -1.64. The largest absolute Gasteiger partial charge is 0.465 e. The minimum atomic E-state index is -0.378. The number of aldehydes is 1. The quantitative estimate of drug-likeness (QED) is 0.542. The number of hydrogen-bond acceptors (Lipinski definition) is 3. The van der Waals surface area contributed by atoms with Crippen molar-refractivity contribution < 1.29 is 14.3 Å². The number of aryl methyl sites for hydroxylation is 1. The van der Waals surface area contributed by atoms with E-state index >= 15 is 0 Å². The van der Waals surface area contributed by atoms with E-state index in [1.54, 1.807) is 18.2 Å². The van der Waals surface area contributed by atoms with Crippen LogP contribution in [0.1, 0.15) is 33.2 Å². The van der Waals surface area contributed by atoms with Gasteiger partial charge in [-0.05, 0) is 24.1 Å². The summed E-state index contributed by atoms with van der Waals surface area (Å²) in [6, 6.07) is 4.92. The van der Waals surface area contributed by atoms with Gasteiger partial charge in [-0.2, -0.15) is 0 Å². The first-order valence-corrected chi connectivity index (χ1v) is 4.39. The van der Waals surface area contributed by atoms with Crippen molar-refractivity contribution in [2.45, 2.75) is 13.3 Å². The van der Waals surface area contributed by atoms with E-state index < -0.39 is 0 Å². The van der Waals surface area contributed by atoms with E-state index in [4.69, 9.17) is 0 Å². The van der Waals surface area contributed by atoms with E-state index in [2.05, 4.69) is 4.74 Å². The van der Waals surface area contributed by atoms with Crippen molar-refractivity contribution in [3.63, 3.8) is 0 Å². The predicted octanol–water partition coefficient (Wildman–Crippen LogP) is 1.85. The zero-order chi connectivity index (χ0) is 10.6. The fourth-order valence-corrected chi connectivity index (χ4v) is 1.27. The average Bonchev–Trinajstić information content (AvgIpc) is 2.26. The summed E-state index contributed by atoms with van der Waals surface area (Å²) in [5.74, 6) is -0.378. The lowest BCUT2D eigenvalue weighted by Gasteiger charge is -2.04. The number of methoxy groups -OCH3 is 1. The number of hydrogen-bond donors (Lipinski definition) is 0. The van der Waals surface area contributed by atoms with E-state index in [-0.39, 0.29) is 5.97 Å². The van der Waals surface area contributed by atoms with E-state index in [1.807, 2.05) is 6.92 Å². The number of carbonyl (C=O) groups excluding carboxylic acids is 2. The van der Waals surface area contributed by atoms with Crippen molar-refractivity contribution in [1.29, 1.82) is 0 Å². The number of carbonyl (C=O) groups is 2. The van der Waals surface area contributed by atoms with Gasteiger partial charge in [-0.3, -0.25) is 4.79 Å². The Kier molecular flexibility index (Phi) is 3.40. The maximum Gasteiger partial charge on any atom is 0.337 e. The molecular formula is C11H12O3. The third-order valence-corrected chi connectivity index (χ3v) is 2.07. The van der Waals surface area contributed by atoms with Gasteiger partial charge in [-0.25, -0.2) is 4.79 Å². The number of ether oxygens (including phenoxy) is 1. The normalized spacial score (nSPS) is 9.57. The standard InChI is InChI=1S/C11H12O3/c1-3-8-6-9(11(13)14-2)4-5-10(8)7-12/h4-7H,3H2,1-2H3. The highest BCUT2D eigenvalue weighted by Crippen LogP contribution is 2.11. The highest BCUT2D eigenvalue weighted by atomic mass is 16.5. The molecule has 0 aliphatic rings. The van der Waals surface area contributed by atoms with E-state index in [0.29, 0.717) is 11.1 Å². The molecule has 0 amide bonds. The molecule has 0 spiro atoms. The van der Waals surface area contributed by atoms with Crippen molar-refractivity contribution in [3.05, 3.63) is 34.9 Å². The SMILES string of the molecule is CCc1cc(C(=O)OC)ccc1C=O. The van der Waals surface area contributed by atoms with Crippen LogP contribution in [0.4, 0.5) is 0 Å². The molecule has 0 aliphatic carbocycles. The molecule has 0 unspecified atom stereocenters. The van der Waals surface area contributed by atoms with Gasteiger partial charge >= 0.3 is 5.97 Å². The fourth-order valence-electron chi connectivity index (χ4n) is 1.27. The Morgan fingerprint density at radius 1 is 1.50 bits per heavy atom. The molecule has 14 heavy (non-hydrogen) atoms. The first-order valence-electron chi connectivity index (χ1n) is 4.39. The molecule has 0 radical (unpaired) electrons. The number of benzene rings is 1. The summed E-state index contributed by atoms with van der Waals surface area (Å²) in [7, 11) is 1.33. The lowest BCUT2D eigenvalue weighted by molar-refractivity contribution is 0.0600. The van der Waals surface area contributed by atoms with Crippen molar-refractivity contribution in [3.8, 4) is 0 Å². The Bertz CT molecular complexity index is 356. The smallest absolute Gasteiger partial charge is 0.337 e. The predicted molar refractivity (Wildman–Crippen MR) is 52.5 cm³/mol. The Morgan fingerprint density at radius 2 is 2.21 bits per heavy atom. The van der Waals surface area contributed by atoms with Gasteiger partial charge in [-0.1, -0.05) is 13.0 Å². The molecule has 0 aromatic heterocycles. The minimum absolute atomic E-state index is 0.378. The zero-order valence-electron chi connectivity index (χ0n) is 8.24. The summed E-state index contributed by atoms with van der Waals surface area (Å²) < 4.78 is 4.58. The van der Waals surface area contributed by atoms with Crippen LogP contribution >= 0.6 is 0 Å². The monoisotopic (exact) mass is 192 g/mol. The van der Waals surface area contributed by atoms with Crippen molar-refractivity contribution in [2.24, 2.45) is 0 Å². The average molecular weight is 192 g/mol. The van der Waals surface area contributed by atoms with Crippen LogP contribution in [0.5, 0.6) is 0 Å². The molecule has 0 saturated carbocycles. The van der Waals surface area contributed by atoms with Gasteiger partial charge in [0.25, 0.3) is 0 Å². The van der Waals surface area contributed by atoms with E-state index in [0.717, 1.165) is 18.3 Å². The van der Waals surface area contributed by atoms with Crippen LogP contribution in [0.15, 0.2) is 18.2 Å². The molecule has 0 bridgehead atoms. The fraction of sp³-hybridized carbons (Fsp3) is 0.273. The van der Waals surface area contributed by atoms with Crippen molar-refractivity contribution in [1.82, 2.24) is 0 Å². The first-order chi connectivity index (χ1) is 6.72. The molecule has 1 aromatic carbocycles. The van der Waals surface area contributed by atoms with Crippen LogP contribution in [0.25, 0.3) is 0 Å². The lowest BCUT2D eigenvalue weighted by Crippen LogP contribution is -2.03. The van der Waals surface area contributed by atoms with Gasteiger partial charge in [0.15, 0.2) is 0 Å². The van der Waals surface area contributed by atoms with Crippen LogP contribution in [-0.4, -0.2) is 19.4 Å². The topological polar surface area (TPSA) is 43.4 Å². The zero-order valence-corrected chi connectivity index (χ0v) is 8.24. The Morgan fingerprint density at radius 3 is 2.71 bits per heavy atom. The molecule has 1 rings (SSSR count). The molecule has 74 valence electrons. The second-order valence-corrected chi connectivity index (χ2v) is 2.88. The van der Waals surface area contributed by atoms with Crippen LogP contribution in [-0.2, 0) is 11.2 Å². The molecule has 0 heterocycles. The molecule has 0 N–H and O–H groups in total. The minimum Gasteiger partial charge on any atom is -0.465 e. The number of esters is 1. The number of rotatable bonds is 3. The molecule has 1 aromatic rings. The molecule has 0 fully saturated rings. The van der Waals surface area contributed by atoms with Gasteiger partial charge in [0.2, 0.25) is 0 Å². The highest BCUT2D eigenvalue weighted by Gasteiger charge is 2.07. The molecule has 3 nitrogen and oxygen atoms in total. The van der Waals surface area contributed by atoms with E-state index in [9.17, 15) is 9.59 Å². The van der Waals surface area contributed by atoms with Crippen molar-refractivity contribution in [2.75, 3.05) is 7.11 Å². The molecule has 0 aliphatic heterocycles. The van der Waals surface area contributed by atoms with Gasteiger partial charge in [-0.15, -0.1) is 0 Å². The van der Waals surface area contributed by atoms with Gasteiger partial charge in [0.05, 0.1) is 12.7 Å². The summed E-state index contributed by atoms with van der Waals surface area (Å²) >= 11 is 0. The van der Waals surface area contributed by atoms with Crippen LogP contribution in [0.3, 0.4) is 0 Å². The Balaban J connectivity index is 3.13. The van der Waals surface area contributed by atoms with Crippen LogP contribution in [0.2, 0.25) is 0 Å². The third-order valence-electron chi connectivity index (χ3n) is 2.07. The maximum absolute atomic E-state index is 11.2. The van der Waals surface area contributed by atoms with Crippen molar-refractivity contribution >= 4 is 12.3 Å². The van der Waals surface area contributed by atoms with Gasteiger partial charge in [0, 0.05) is 5.56 Å². The molecule has 0 saturated heterocycles. The molecule has 3 heteroatoms. The molecular weight excluding hydrogens is 180 g/mol. The maximum atomic E-state index is 11.2. The van der Waals surface area contributed by atoms with E-state index in [1.165, 1.54) is 7.11 Å². The first kappa shape index (κ1) is 10.4. The highest BCUT2D eigenvalue weighted by molar-refractivity contribution is 5.91. The third kappa shape index (κ3) is 1.99. The molecule has 0 atom stereocenters. The van der Waals surface area contributed by atoms with Gasteiger partial charge < -0.3 is 4.74 Å².